The number of aromatic nitrogens is 3. The fourth-order valence-electron chi connectivity index (χ4n) is 2.94. The fraction of sp³-hybridized carbons (Fsp3) is 0.190. The molecular formula is C21H20N4O2S. The van der Waals surface area contributed by atoms with E-state index in [0.29, 0.717) is 23.1 Å². The number of hydrogen-bond acceptors (Lipinski definition) is 6. The summed E-state index contributed by atoms with van der Waals surface area (Å²) < 4.78 is 7.99. The molecule has 2 aromatic carbocycles. The maximum absolute atomic E-state index is 12.4. The van der Waals surface area contributed by atoms with E-state index in [1.54, 1.807) is 22.9 Å². The molecule has 0 aliphatic rings. The van der Waals surface area contributed by atoms with Crippen LogP contribution in [-0.2, 0) is 11.2 Å². The molecule has 4 aromatic rings. The summed E-state index contributed by atoms with van der Waals surface area (Å²) in [5.74, 6) is 0.126. The molecule has 0 saturated carbocycles. The average molecular weight is 392 g/mol. The van der Waals surface area contributed by atoms with E-state index in [1.807, 2.05) is 36.4 Å². The molecule has 142 valence electrons. The van der Waals surface area contributed by atoms with Gasteiger partial charge in [0.15, 0.2) is 10.9 Å². The second-order valence-corrected chi connectivity index (χ2v) is 7.20. The second-order valence-electron chi connectivity index (χ2n) is 6.17. The molecule has 0 amide bonds. The van der Waals surface area contributed by atoms with Gasteiger partial charge < -0.3 is 10.1 Å². The van der Waals surface area contributed by atoms with Crippen LogP contribution in [0.25, 0.3) is 15.9 Å². The number of benzene rings is 2. The lowest BCUT2D eigenvalue weighted by Gasteiger charge is -2.10. The summed E-state index contributed by atoms with van der Waals surface area (Å²) in [7, 11) is 0. The van der Waals surface area contributed by atoms with Gasteiger partial charge in [0.25, 0.3) is 0 Å². The molecule has 2 aromatic heterocycles. The van der Waals surface area contributed by atoms with Crippen molar-refractivity contribution in [1.82, 2.24) is 14.8 Å². The highest BCUT2D eigenvalue weighted by atomic mass is 32.1. The lowest BCUT2D eigenvalue weighted by atomic mass is 10.2. The number of rotatable bonds is 6. The number of nitrogens with zero attached hydrogens (tertiary/aromatic N) is 3. The van der Waals surface area contributed by atoms with E-state index in [-0.39, 0.29) is 0 Å². The first-order chi connectivity index (χ1) is 13.7. The molecule has 7 heteroatoms. The van der Waals surface area contributed by atoms with Gasteiger partial charge in [0, 0.05) is 0 Å². The third-order valence-corrected chi connectivity index (χ3v) is 5.29. The Morgan fingerprint density at radius 2 is 2.00 bits per heavy atom. The Balaban J connectivity index is 1.76. The molecule has 0 aliphatic heterocycles. The van der Waals surface area contributed by atoms with Crippen LogP contribution in [0.15, 0.2) is 54.7 Å². The molecule has 0 bridgehead atoms. The minimum atomic E-state index is -0.415. The number of anilines is 2. The third-order valence-electron chi connectivity index (χ3n) is 4.35. The van der Waals surface area contributed by atoms with Gasteiger partial charge in [-0.2, -0.15) is 5.10 Å². The van der Waals surface area contributed by atoms with Crippen molar-refractivity contribution in [1.29, 1.82) is 0 Å². The summed E-state index contributed by atoms with van der Waals surface area (Å²) in [5.41, 5.74) is 3.41. The number of carbonyl (C=O) groups is 1. The Bertz CT molecular complexity index is 1120. The summed E-state index contributed by atoms with van der Waals surface area (Å²) in [6.07, 6.45) is 2.50. The standard InChI is InChI=1S/C21H20N4O2S/c1-3-14-10-11-17-18(12-14)28-21(23-17)24-19-16(20(26)27-4-2)13-22-25(19)15-8-6-5-7-9-15/h5-13H,3-4H2,1-2H3,(H,23,24). The van der Waals surface area contributed by atoms with Gasteiger partial charge in [0.1, 0.15) is 5.56 Å². The number of fused-ring (bicyclic) bond motifs is 1. The largest absolute Gasteiger partial charge is 0.462 e. The molecule has 0 saturated heterocycles. The summed E-state index contributed by atoms with van der Waals surface area (Å²) in [6, 6.07) is 15.9. The van der Waals surface area contributed by atoms with Crippen LogP contribution in [0.4, 0.5) is 10.9 Å². The quantitative estimate of drug-likeness (QED) is 0.470. The van der Waals surface area contributed by atoms with E-state index in [9.17, 15) is 4.79 Å². The Morgan fingerprint density at radius 3 is 2.75 bits per heavy atom. The van der Waals surface area contributed by atoms with Gasteiger partial charge in [0.05, 0.1) is 28.7 Å². The number of carbonyl (C=O) groups excluding carboxylic acids is 1. The molecule has 1 N–H and O–H groups in total. The number of para-hydroxylation sites is 1. The summed E-state index contributed by atoms with van der Waals surface area (Å²) in [4.78, 5) is 17.1. The number of esters is 1. The summed E-state index contributed by atoms with van der Waals surface area (Å²) in [6.45, 7) is 4.21. The zero-order chi connectivity index (χ0) is 19.5. The van der Waals surface area contributed by atoms with Gasteiger partial charge in [-0.05, 0) is 43.2 Å². The lowest BCUT2D eigenvalue weighted by Crippen LogP contribution is -2.09. The maximum Gasteiger partial charge on any atom is 0.343 e. The van der Waals surface area contributed by atoms with Crippen LogP contribution in [0.2, 0.25) is 0 Å². The number of aryl methyl sites for hydroxylation is 1. The molecular weight excluding hydrogens is 372 g/mol. The Kier molecular flexibility index (Phi) is 5.08. The minimum absolute atomic E-state index is 0.301. The zero-order valence-corrected chi connectivity index (χ0v) is 16.5. The molecule has 0 fully saturated rings. The van der Waals surface area contributed by atoms with Crippen LogP contribution in [-0.4, -0.2) is 27.3 Å². The van der Waals surface area contributed by atoms with Crippen LogP contribution >= 0.6 is 11.3 Å². The van der Waals surface area contributed by atoms with Crippen LogP contribution < -0.4 is 5.32 Å². The molecule has 0 unspecified atom stereocenters. The van der Waals surface area contributed by atoms with E-state index in [1.165, 1.54) is 11.8 Å². The molecule has 28 heavy (non-hydrogen) atoms. The molecule has 0 atom stereocenters. The number of nitrogens with one attached hydrogen (secondary N) is 1. The smallest absolute Gasteiger partial charge is 0.343 e. The third kappa shape index (κ3) is 3.48. The second kappa shape index (κ2) is 7.82. The van der Waals surface area contributed by atoms with Crippen LogP contribution in [0.5, 0.6) is 0 Å². The predicted molar refractivity (Wildman–Crippen MR) is 112 cm³/mol. The Labute approximate surface area is 166 Å². The molecule has 6 nitrogen and oxygen atoms in total. The molecule has 4 rings (SSSR count). The Hall–Kier alpha value is -3.19. The lowest BCUT2D eigenvalue weighted by molar-refractivity contribution is 0.0527. The normalized spacial score (nSPS) is 10.9. The van der Waals surface area contributed by atoms with Gasteiger partial charge in [-0.25, -0.2) is 14.5 Å². The van der Waals surface area contributed by atoms with E-state index in [0.717, 1.165) is 22.3 Å². The van der Waals surface area contributed by atoms with Crippen molar-refractivity contribution in [3.63, 3.8) is 0 Å². The average Bonchev–Trinajstić information content (AvgIpc) is 3.32. The monoisotopic (exact) mass is 392 g/mol. The van der Waals surface area contributed by atoms with Crippen molar-refractivity contribution in [2.45, 2.75) is 20.3 Å². The van der Waals surface area contributed by atoms with Crippen molar-refractivity contribution in [3.05, 3.63) is 65.9 Å². The van der Waals surface area contributed by atoms with Gasteiger partial charge >= 0.3 is 5.97 Å². The SMILES string of the molecule is CCOC(=O)c1cnn(-c2ccccc2)c1Nc1nc2ccc(CC)cc2s1. The van der Waals surface area contributed by atoms with E-state index >= 15 is 0 Å². The summed E-state index contributed by atoms with van der Waals surface area (Å²) in [5, 5.41) is 8.39. The summed E-state index contributed by atoms with van der Waals surface area (Å²) >= 11 is 1.55. The van der Waals surface area contributed by atoms with Crippen molar-refractivity contribution in [2.24, 2.45) is 0 Å². The van der Waals surface area contributed by atoms with Crippen LogP contribution in [0, 0.1) is 0 Å². The van der Waals surface area contributed by atoms with E-state index < -0.39 is 5.97 Å². The van der Waals surface area contributed by atoms with Crippen molar-refractivity contribution in [2.75, 3.05) is 11.9 Å². The number of hydrogen-bond donors (Lipinski definition) is 1. The highest BCUT2D eigenvalue weighted by molar-refractivity contribution is 7.22. The van der Waals surface area contributed by atoms with Crippen LogP contribution in [0.1, 0.15) is 29.8 Å². The Morgan fingerprint density at radius 1 is 1.18 bits per heavy atom. The van der Waals surface area contributed by atoms with Crippen molar-refractivity contribution >= 4 is 38.5 Å². The first-order valence-corrected chi connectivity index (χ1v) is 9.98. The number of ether oxygens (including phenoxy) is 1. The molecule has 0 aliphatic carbocycles. The first-order valence-electron chi connectivity index (χ1n) is 9.16. The van der Waals surface area contributed by atoms with Gasteiger partial charge in [-0.15, -0.1) is 0 Å². The highest BCUT2D eigenvalue weighted by Gasteiger charge is 2.21. The van der Waals surface area contributed by atoms with Gasteiger partial charge in [-0.3, -0.25) is 0 Å². The predicted octanol–water partition coefficient (Wildman–Crippen LogP) is 4.96. The van der Waals surface area contributed by atoms with E-state index in [4.69, 9.17) is 4.74 Å². The van der Waals surface area contributed by atoms with Gasteiger partial charge in [0.2, 0.25) is 0 Å². The molecule has 0 radical (unpaired) electrons. The molecule has 0 spiro atoms. The van der Waals surface area contributed by atoms with Crippen LogP contribution in [0.3, 0.4) is 0 Å². The fourth-order valence-corrected chi connectivity index (χ4v) is 3.86. The van der Waals surface area contributed by atoms with E-state index in [2.05, 4.69) is 34.5 Å². The highest BCUT2D eigenvalue weighted by Crippen LogP contribution is 2.31. The van der Waals surface area contributed by atoms with Crippen molar-refractivity contribution in [3.8, 4) is 5.69 Å². The number of thiazole rings is 1. The van der Waals surface area contributed by atoms with Crippen molar-refractivity contribution < 1.29 is 9.53 Å². The first kappa shape index (κ1) is 18.2. The maximum atomic E-state index is 12.4. The zero-order valence-electron chi connectivity index (χ0n) is 15.7. The topological polar surface area (TPSA) is 69.0 Å². The molecule has 2 heterocycles. The minimum Gasteiger partial charge on any atom is -0.462 e. The van der Waals surface area contributed by atoms with Gasteiger partial charge in [-0.1, -0.05) is 42.5 Å².